The second-order valence-electron chi connectivity index (χ2n) is 7.43. The monoisotopic (exact) mass is 460 g/mol. The Kier molecular flexibility index (Phi) is 5.15. The Morgan fingerprint density at radius 1 is 0.970 bits per heavy atom. The van der Waals surface area contributed by atoms with Crippen LogP contribution in [0.4, 0.5) is 0 Å². The molecule has 0 spiro atoms. The van der Waals surface area contributed by atoms with Crippen LogP contribution in [-0.4, -0.2) is 13.1 Å². The highest BCUT2D eigenvalue weighted by atomic mass is 35.5. The third-order valence-corrected chi connectivity index (χ3v) is 5.66. The number of esters is 1. The van der Waals surface area contributed by atoms with Crippen LogP contribution < -0.4 is 15.1 Å². The number of fused-ring (bicyclic) bond motifs is 2. The number of ether oxygens (including phenoxy) is 2. The van der Waals surface area contributed by atoms with E-state index in [4.69, 9.17) is 29.9 Å². The molecular formula is C26H17ClO6. The SMILES string of the molecule is COc1cccc2cc(C(=O)Oc3ccc4c(C)c(-c5ccc(Cl)cc5)c(=O)oc4c3)oc12. The average molecular weight is 461 g/mol. The Balaban J connectivity index is 1.49. The summed E-state index contributed by atoms with van der Waals surface area (Å²) in [6.45, 7) is 1.84. The normalized spacial score (nSPS) is 11.1. The molecule has 0 saturated carbocycles. The number of para-hydroxylation sites is 1. The van der Waals surface area contributed by atoms with E-state index in [1.807, 2.05) is 13.0 Å². The molecule has 0 unspecified atom stereocenters. The van der Waals surface area contributed by atoms with Crippen LogP contribution in [0.2, 0.25) is 5.02 Å². The van der Waals surface area contributed by atoms with Gasteiger partial charge in [-0.15, -0.1) is 0 Å². The van der Waals surface area contributed by atoms with E-state index in [-0.39, 0.29) is 11.5 Å². The van der Waals surface area contributed by atoms with Gasteiger partial charge in [0.2, 0.25) is 5.76 Å². The predicted octanol–water partition coefficient (Wildman–Crippen LogP) is 6.40. The summed E-state index contributed by atoms with van der Waals surface area (Å²) in [5.74, 6) is 0.0995. The first-order chi connectivity index (χ1) is 15.9. The fraction of sp³-hybridized carbons (Fsp3) is 0.0769. The van der Waals surface area contributed by atoms with E-state index < -0.39 is 11.6 Å². The smallest absolute Gasteiger partial charge is 0.379 e. The van der Waals surface area contributed by atoms with Crippen LogP contribution >= 0.6 is 11.6 Å². The number of hydrogen-bond donors (Lipinski definition) is 0. The van der Waals surface area contributed by atoms with Gasteiger partial charge in [-0.1, -0.05) is 35.9 Å². The molecule has 0 aliphatic rings. The van der Waals surface area contributed by atoms with Gasteiger partial charge in [0.05, 0.1) is 12.7 Å². The maximum Gasteiger partial charge on any atom is 0.379 e. The third-order valence-electron chi connectivity index (χ3n) is 5.41. The van der Waals surface area contributed by atoms with Gasteiger partial charge in [-0.3, -0.25) is 0 Å². The molecule has 0 aliphatic heterocycles. The van der Waals surface area contributed by atoms with Gasteiger partial charge in [-0.2, -0.15) is 0 Å². The summed E-state index contributed by atoms with van der Waals surface area (Å²) in [5, 5.41) is 2.03. The van der Waals surface area contributed by atoms with Gasteiger partial charge >= 0.3 is 11.6 Å². The van der Waals surface area contributed by atoms with Crippen molar-refractivity contribution in [2.45, 2.75) is 6.92 Å². The molecule has 5 aromatic rings. The summed E-state index contributed by atoms with van der Waals surface area (Å²) in [6, 6.07) is 18.8. The van der Waals surface area contributed by atoms with Crippen molar-refractivity contribution in [2.75, 3.05) is 7.11 Å². The van der Waals surface area contributed by atoms with E-state index in [2.05, 4.69) is 0 Å². The molecule has 5 rings (SSSR count). The van der Waals surface area contributed by atoms with Crippen molar-refractivity contribution in [3.63, 3.8) is 0 Å². The molecule has 164 valence electrons. The highest BCUT2D eigenvalue weighted by molar-refractivity contribution is 6.30. The number of carbonyl (C=O) groups is 1. The quantitative estimate of drug-likeness (QED) is 0.175. The van der Waals surface area contributed by atoms with Crippen molar-refractivity contribution in [3.05, 3.63) is 93.5 Å². The molecule has 0 atom stereocenters. The van der Waals surface area contributed by atoms with Crippen LogP contribution in [-0.2, 0) is 0 Å². The summed E-state index contributed by atoms with van der Waals surface area (Å²) in [5.41, 5.74) is 2.21. The minimum atomic E-state index is -0.676. The van der Waals surface area contributed by atoms with Crippen LogP contribution in [0.15, 0.2) is 80.4 Å². The molecule has 2 heterocycles. The number of furan rings is 1. The van der Waals surface area contributed by atoms with Crippen molar-refractivity contribution in [2.24, 2.45) is 0 Å². The van der Waals surface area contributed by atoms with Gasteiger partial charge in [-0.05, 0) is 54.4 Å². The second-order valence-corrected chi connectivity index (χ2v) is 7.87. The lowest BCUT2D eigenvalue weighted by molar-refractivity contribution is 0.0704. The maximum absolute atomic E-state index is 12.7. The van der Waals surface area contributed by atoms with Crippen LogP contribution in [0.25, 0.3) is 33.1 Å². The van der Waals surface area contributed by atoms with E-state index in [0.29, 0.717) is 33.1 Å². The molecular weight excluding hydrogens is 444 g/mol. The van der Waals surface area contributed by atoms with Crippen LogP contribution in [0.3, 0.4) is 0 Å². The number of aryl methyl sites for hydroxylation is 1. The van der Waals surface area contributed by atoms with Gasteiger partial charge in [-0.25, -0.2) is 9.59 Å². The fourth-order valence-electron chi connectivity index (χ4n) is 3.80. The maximum atomic E-state index is 12.7. The minimum Gasteiger partial charge on any atom is -0.493 e. The van der Waals surface area contributed by atoms with Crippen molar-refractivity contribution in [1.82, 2.24) is 0 Å². The van der Waals surface area contributed by atoms with Crippen LogP contribution in [0.1, 0.15) is 16.1 Å². The first-order valence-corrected chi connectivity index (χ1v) is 10.4. The Morgan fingerprint density at radius 3 is 2.52 bits per heavy atom. The standard InChI is InChI=1S/C26H17ClO6/c1-14-19-11-10-18(13-21(19)33-26(29)23(14)15-6-8-17(27)9-7-15)31-25(28)22-12-16-4-3-5-20(30-2)24(16)32-22/h3-13H,1-2H3. The first-order valence-electron chi connectivity index (χ1n) is 10.1. The third kappa shape index (κ3) is 3.75. The van der Waals surface area contributed by atoms with E-state index in [1.165, 1.54) is 13.2 Å². The Bertz CT molecular complexity index is 1580. The molecule has 2 aromatic heterocycles. The molecule has 6 nitrogen and oxygen atoms in total. The molecule has 0 N–H and O–H groups in total. The number of methoxy groups -OCH3 is 1. The van der Waals surface area contributed by atoms with Crippen LogP contribution in [0, 0.1) is 6.92 Å². The summed E-state index contributed by atoms with van der Waals surface area (Å²) in [4.78, 5) is 25.4. The summed E-state index contributed by atoms with van der Waals surface area (Å²) in [7, 11) is 1.53. The topological polar surface area (TPSA) is 78.9 Å². The molecule has 0 aliphatic carbocycles. The zero-order chi connectivity index (χ0) is 23.1. The molecule has 0 bridgehead atoms. The lowest BCUT2D eigenvalue weighted by Crippen LogP contribution is -2.08. The molecule has 0 saturated heterocycles. The van der Waals surface area contributed by atoms with Gasteiger partial charge in [0.25, 0.3) is 0 Å². The number of halogens is 1. The summed E-state index contributed by atoms with van der Waals surface area (Å²) >= 11 is 5.96. The zero-order valence-electron chi connectivity index (χ0n) is 17.7. The van der Waals surface area contributed by atoms with E-state index in [1.54, 1.807) is 54.6 Å². The molecule has 0 radical (unpaired) electrons. The lowest BCUT2D eigenvalue weighted by Gasteiger charge is -2.09. The average Bonchev–Trinajstić information content (AvgIpc) is 3.25. The molecule has 33 heavy (non-hydrogen) atoms. The van der Waals surface area contributed by atoms with Gasteiger partial charge < -0.3 is 18.3 Å². The van der Waals surface area contributed by atoms with Gasteiger partial charge in [0.15, 0.2) is 11.3 Å². The Hall–Kier alpha value is -4.03. The van der Waals surface area contributed by atoms with Crippen LogP contribution in [0.5, 0.6) is 11.5 Å². The molecule has 7 heteroatoms. The predicted molar refractivity (Wildman–Crippen MR) is 125 cm³/mol. The van der Waals surface area contributed by atoms with E-state index >= 15 is 0 Å². The Morgan fingerprint density at radius 2 is 1.76 bits per heavy atom. The van der Waals surface area contributed by atoms with Crippen molar-refractivity contribution < 1.29 is 23.1 Å². The van der Waals surface area contributed by atoms with Crippen molar-refractivity contribution >= 4 is 39.5 Å². The number of rotatable bonds is 4. The molecule has 0 amide bonds. The van der Waals surface area contributed by atoms with Gasteiger partial charge in [0.1, 0.15) is 11.3 Å². The molecule has 0 fully saturated rings. The fourth-order valence-corrected chi connectivity index (χ4v) is 3.93. The van der Waals surface area contributed by atoms with Crippen molar-refractivity contribution in [3.8, 4) is 22.6 Å². The number of carbonyl (C=O) groups excluding carboxylic acids is 1. The second kappa shape index (κ2) is 8.15. The Labute approximate surface area is 192 Å². The molecule has 3 aromatic carbocycles. The number of hydrogen-bond acceptors (Lipinski definition) is 6. The number of benzene rings is 3. The zero-order valence-corrected chi connectivity index (χ0v) is 18.4. The highest BCUT2D eigenvalue weighted by Gasteiger charge is 2.18. The lowest BCUT2D eigenvalue weighted by atomic mass is 10.00. The summed E-state index contributed by atoms with van der Waals surface area (Å²) in [6.07, 6.45) is 0. The van der Waals surface area contributed by atoms with E-state index in [9.17, 15) is 9.59 Å². The van der Waals surface area contributed by atoms with Gasteiger partial charge in [0, 0.05) is 21.9 Å². The largest absolute Gasteiger partial charge is 0.493 e. The first kappa shape index (κ1) is 20.8. The highest BCUT2D eigenvalue weighted by Crippen LogP contribution is 2.31. The van der Waals surface area contributed by atoms with Crippen molar-refractivity contribution in [1.29, 1.82) is 0 Å². The summed E-state index contributed by atoms with van der Waals surface area (Å²) < 4.78 is 21.9. The minimum absolute atomic E-state index is 0.0327. The van der Waals surface area contributed by atoms with E-state index in [0.717, 1.165) is 16.3 Å².